The minimum atomic E-state index is 0.971. The maximum atomic E-state index is 4.20. The van der Waals surface area contributed by atoms with Crippen LogP contribution in [-0.4, -0.2) is 4.98 Å². The van der Waals surface area contributed by atoms with Gasteiger partial charge in [0.1, 0.15) is 0 Å². The topological polar surface area (TPSA) is 12.9 Å². The van der Waals surface area contributed by atoms with Gasteiger partial charge in [0.25, 0.3) is 0 Å². The van der Waals surface area contributed by atoms with Crippen molar-refractivity contribution < 1.29 is 0 Å². The van der Waals surface area contributed by atoms with E-state index in [1.54, 1.807) is 17.5 Å². The summed E-state index contributed by atoms with van der Waals surface area (Å²) in [6, 6.07) is 7.97. The van der Waals surface area contributed by atoms with E-state index < -0.39 is 0 Å². The molecule has 0 fully saturated rings. The van der Waals surface area contributed by atoms with E-state index in [4.69, 9.17) is 0 Å². The summed E-state index contributed by atoms with van der Waals surface area (Å²) in [5, 5.41) is 4.19. The lowest BCUT2D eigenvalue weighted by Gasteiger charge is -1.87. The minimum absolute atomic E-state index is 0.971. The third-order valence-electron chi connectivity index (χ3n) is 2.12. The average Bonchev–Trinajstić information content (AvgIpc) is 2.88. The van der Waals surface area contributed by atoms with Crippen LogP contribution in [0.25, 0.3) is 12.2 Å². The monoisotopic (exact) mass is 239 g/mol. The zero-order chi connectivity index (χ0) is 11.8. The lowest BCUT2D eigenvalue weighted by molar-refractivity contribution is 1.30. The van der Waals surface area contributed by atoms with Gasteiger partial charge in [0, 0.05) is 6.20 Å². The number of allylic oxidation sites excluding steroid dienone is 4. The van der Waals surface area contributed by atoms with Crippen LogP contribution in [0.5, 0.6) is 0 Å². The molecule has 0 atom stereocenters. The lowest BCUT2D eigenvalue weighted by Crippen LogP contribution is -1.74. The molecular formula is C15H13NS. The van der Waals surface area contributed by atoms with Crippen LogP contribution in [0.15, 0.2) is 65.5 Å². The molecule has 0 radical (unpaired) electrons. The van der Waals surface area contributed by atoms with Crippen molar-refractivity contribution >= 4 is 23.5 Å². The molecule has 17 heavy (non-hydrogen) atoms. The van der Waals surface area contributed by atoms with Gasteiger partial charge in [0.15, 0.2) is 0 Å². The molecule has 1 nitrogen and oxygen atoms in total. The van der Waals surface area contributed by atoms with Crippen molar-refractivity contribution in [3.63, 3.8) is 0 Å². The first-order valence-corrected chi connectivity index (χ1v) is 6.34. The first kappa shape index (κ1) is 11.6. The van der Waals surface area contributed by atoms with E-state index in [1.165, 1.54) is 5.56 Å². The van der Waals surface area contributed by atoms with Crippen LogP contribution < -0.4 is 0 Å². The van der Waals surface area contributed by atoms with Crippen molar-refractivity contribution in [2.75, 3.05) is 0 Å². The average molecular weight is 239 g/mol. The molecule has 0 saturated heterocycles. The SMILES string of the molecule is C(=C\C=C\c1ccccn1)/C=C/c1ccsc1. The Kier molecular flexibility index (Phi) is 4.49. The Bertz CT molecular complexity index is 507. The van der Waals surface area contributed by atoms with Gasteiger partial charge in [0.05, 0.1) is 5.69 Å². The van der Waals surface area contributed by atoms with Crippen molar-refractivity contribution in [2.24, 2.45) is 0 Å². The summed E-state index contributed by atoms with van der Waals surface area (Å²) in [4.78, 5) is 4.20. The highest BCUT2D eigenvalue weighted by atomic mass is 32.1. The van der Waals surface area contributed by atoms with E-state index in [0.717, 1.165) is 5.69 Å². The summed E-state index contributed by atoms with van der Waals surface area (Å²) in [5.41, 5.74) is 2.22. The largest absolute Gasteiger partial charge is 0.257 e. The molecule has 2 heterocycles. The molecule has 0 aliphatic carbocycles. The maximum absolute atomic E-state index is 4.20. The molecule has 0 bridgehead atoms. The highest BCUT2D eigenvalue weighted by molar-refractivity contribution is 7.08. The quantitative estimate of drug-likeness (QED) is 0.719. The van der Waals surface area contributed by atoms with Gasteiger partial charge in [-0.05, 0) is 40.6 Å². The Hall–Kier alpha value is -1.93. The first-order chi connectivity index (χ1) is 8.45. The Morgan fingerprint density at radius 2 is 1.82 bits per heavy atom. The molecule has 2 aromatic heterocycles. The molecule has 0 amide bonds. The number of rotatable bonds is 4. The normalized spacial score (nSPS) is 12.0. The Labute approximate surface area is 105 Å². The number of pyridine rings is 1. The van der Waals surface area contributed by atoms with Crippen molar-refractivity contribution in [1.82, 2.24) is 4.98 Å². The third-order valence-corrected chi connectivity index (χ3v) is 2.82. The van der Waals surface area contributed by atoms with Gasteiger partial charge < -0.3 is 0 Å². The number of hydrogen-bond acceptors (Lipinski definition) is 2. The van der Waals surface area contributed by atoms with Crippen molar-refractivity contribution in [2.45, 2.75) is 0 Å². The molecule has 2 heteroatoms. The lowest BCUT2D eigenvalue weighted by atomic mass is 10.3. The minimum Gasteiger partial charge on any atom is -0.257 e. The summed E-state index contributed by atoms with van der Waals surface area (Å²) in [7, 11) is 0. The second-order valence-corrected chi connectivity index (χ2v) is 4.19. The summed E-state index contributed by atoms with van der Waals surface area (Å²) in [5.74, 6) is 0. The predicted octanol–water partition coefficient (Wildman–Crippen LogP) is 4.43. The first-order valence-electron chi connectivity index (χ1n) is 5.40. The maximum Gasteiger partial charge on any atom is 0.0629 e. The Balaban J connectivity index is 1.84. The van der Waals surface area contributed by atoms with Gasteiger partial charge in [0.2, 0.25) is 0 Å². The molecule has 84 valence electrons. The molecule has 2 aromatic rings. The van der Waals surface area contributed by atoms with Crippen LogP contribution >= 0.6 is 11.3 Å². The zero-order valence-corrected chi connectivity index (χ0v) is 10.2. The third kappa shape index (κ3) is 4.21. The smallest absolute Gasteiger partial charge is 0.0629 e. The fourth-order valence-electron chi connectivity index (χ4n) is 1.29. The Morgan fingerprint density at radius 3 is 2.53 bits per heavy atom. The highest BCUT2D eigenvalue weighted by Crippen LogP contribution is 2.07. The second kappa shape index (κ2) is 6.61. The molecule has 0 unspecified atom stereocenters. The fourth-order valence-corrected chi connectivity index (χ4v) is 1.92. The molecule has 0 saturated carbocycles. The van der Waals surface area contributed by atoms with Crippen LogP contribution in [-0.2, 0) is 0 Å². The van der Waals surface area contributed by atoms with E-state index in [-0.39, 0.29) is 0 Å². The molecular weight excluding hydrogens is 226 g/mol. The van der Waals surface area contributed by atoms with Crippen molar-refractivity contribution in [3.05, 3.63) is 76.8 Å². The van der Waals surface area contributed by atoms with E-state index >= 15 is 0 Å². The van der Waals surface area contributed by atoms with Crippen molar-refractivity contribution in [3.8, 4) is 0 Å². The van der Waals surface area contributed by atoms with Gasteiger partial charge in [-0.3, -0.25) is 4.98 Å². The zero-order valence-electron chi connectivity index (χ0n) is 9.36. The van der Waals surface area contributed by atoms with Gasteiger partial charge in [-0.1, -0.05) is 36.4 Å². The number of thiophene rings is 1. The van der Waals surface area contributed by atoms with Crippen LogP contribution in [0.4, 0.5) is 0 Å². The second-order valence-electron chi connectivity index (χ2n) is 3.41. The fraction of sp³-hybridized carbons (Fsp3) is 0. The molecule has 0 aromatic carbocycles. The summed E-state index contributed by atoms with van der Waals surface area (Å²) in [6.07, 6.45) is 13.9. The van der Waals surface area contributed by atoms with Gasteiger partial charge in [-0.25, -0.2) is 0 Å². The molecule has 2 rings (SSSR count). The highest BCUT2D eigenvalue weighted by Gasteiger charge is 1.82. The molecule has 0 aliphatic rings. The van der Waals surface area contributed by atoms with Gasteiger partial charge >= 0.3 is 0 Å². The number of nitrogens with zero attached hydrogens (tertiary/aromatic N) is 1. The van der Waals surface area contributed by atoms with Crippen LogP contribution in [0, 0.1) is 0 Å². The van der Waals surface area contributed by atoms with Crippen LogP contribution in [0.2, 0.25) is 0 Å². The Morgan fingerprint density at radius 1 is 0.941 bits per heavy atom. The van der Waals surface area contributed by atoms with Crippen molar-refractivity contribution in [1.29, 1.82) is 0 Å². The number of aromatic nitrogens is 1. The van der Waals surface area contributed by atoms with Crippen LogP contribution in [0.1, 0.15) is 11.3 Å². The predicted molar refractivity (Wildman–Crippen MR) is 75.8 cm³/mol. The van der Waals surface area contributed by atoms with Crippen LogP contribution in [0.3, 0.4) is 0 Å². The summed E-state index contributed by atoms with van der Waals surface area (Å²) in [6.45, 7) is 0. The molecule has 0 aliphatic heterocycles. The van der Waals surface area contributed by atoms with E-state index in [2.05, 4.69) is 27.9 Å². The summed E-state index contributed by atoms with van der Waals surface area (Å²) < 4.78 is 0. The van der Waals surface area contributed by atoms with Gasteiger partial charge in [-0.15, -0.1) is 0 Å². The van der Waals surface area contributed by atoms with Gasteiger partial charge in [-0.2, -0.15) is 11.3 Å². The standard InChI is InChI=1S/C15H13NS/c1(3-7-14-10-12-17-13-14)2-4-8-15-9-5-6-11-16-15/h1-13H/b2-1+,7-3+,8-4+. The summed E-state index contributed by atoms with van der Waals surface area (Å²) >= 11 is 1.71. The molecule has 0 N–H and O–H groups in total. The van der Waals surface area contributed by atoms with E-state index in [9.17, 15) is 0 Å². The van der Waals surface area contributed by atoms with E-state index in [1.807, 2.05) is 48.6 Å². The molecule has 0 spiro atoms. The van der Waals surface area contributed by atoms with E-state index in [0.29, 0.717) is 0 Å². The number of hydrogen-bond donors (Lipinski definition) is 0.